The lowest BCUT2D eigenvalue weighted by atomic mass is 9.89. The van der Waals surface area contributed by atoms with Gasteiger partial charge in [-0.25, -0.2) is 0 Å². The molecule has 1 saturated heterocycles. The van der Waals surface area contributed by atoms with Gasteiger partial charge in [-0.05, 0) is 58.2 Å². The number of hydrogen-bond donors (Lipinski definition) is 2. The highest BCUT2D eigenvalue weighted by Crippen LogP contribution is 2.28. The molecule has 1 amide bonds. The van der Waals surface area contributed by atoms with Gasteiger partial charge in [0, 0.05) is 5.56 Å². The first-order valence-electron chi connectivity index (χ1n) is 7.68. The Balaban J connectivity index is 2.18. The van der Waals surface area contributed by atoms with Crippen LogP contribution in [0.1, 0.15) is 56.9 Å². The highest BCUT2D eigenvalue weighted by atomic mass is 16.5. The van der Waals surface area contributed by atoms with Gasteiger partial charge in [0.2, 0.25) is 6.41 Å². The van der Waals surface area contributed by atoms with Crippen LogP contribution in [0.4, 0.5) is 0 Å². The second-order valence-electron chi connectivity index (χ2n) is 6.59. The number of hydrogen-bond acceptors (Lipinski definition) is 3. The lowest BCUT2D eigenvalue weighted by Gasteiger charge is -2.28. The van der Waals surface area contributed by atoms with Crippen LogP contribution in [0.5, 0.6) is 0 Å². The summed E-state index contributed by atoms with van der Waals surface area (Å²) >= 11 is 0. The van der Waals surface area contributed by atoms with Gasteiger partial charge in [-0.15, -0.1) is 0 Å². The third kappa shape index (κ3) is 4.83. The van der Waals surface area contributed by atoms with Crippen molar-refractivity contribution in [2.75, 3.05) is 13.1 Å². The predicted molar refractivity (Wildman–Crippen MR) is 84.1 cm³/mol. The Kier molecular flexibility index (Phi) is 5.37. The zero-order valence-electron chi connectivity index (χ0n) is 13.2. The van der Waals surface area contributed by atoms with Crippen LogP contribution >= 0.6 is 0 Å². The van der Waals surface area contributed by atoms with Crippen molar-refractivity contribution < 1.29 is 9.53 Å². The van der Waals surface area contributed by atoms with E-state index in [1.54, 1.807) is 0 Å². The Morgan fingerprint density at radius 2 is 2.05 bits per heavy atom. The molecule has 0 spiro atoms. The van der Waals surface area contributed by atoms with E-state index in [0.29, 0.717) is 12.3 Å². The highest BCUT2D eigenvalue weighted by Gasteiger charge is 2.21. The summed E-state index contributed by atoms with van der Waals surface area (Å²) in [7, 11) is 0. The first-order chi connectivity index (χ1) is 9.99. The third-order valence-electron chi connectivity index (χ3n) is 3.71. The van der Waals surface area contributed by atoms with E-state index in [0.717, 1.165) is 31.5 Å². The van der Waals surface area contributed by atoms with Gasteiger partial charge in [-0.1, -0.05) is 24.3 Å². The van der Waals surface area contributed by atoms with Gasteiger partial charge in [-0.2, -0.15) is 0 Å². The van der Waals surface area contributed by atoms with Gasteiger partial charge in [0.15, 0.2) is 6.23 Å². The van der Waals surface area contributed by atoms with Gasteiger partial charge < -0.3 is 15.4 Å². The molecular formula is C17H26N2O2. The van der Waals surface area contributed by atoms with E-state index in [1.807, 2.05) is 26.8 Å². The zero-order valence-corrected chi connectivity index (χ0v) is 13.2. The largest absolute Gasteiger partial charge is 0.349 e. The Hall–Kier alpha value is -1.39. The number of rotatable bonds is 5. The van der Waals surface area contributed by atoms with E-state index in [2.05, 4.69) is 28.8 Å². The number of carbonyl (C=O) groups excluding carboxylic acids is 1. The molecule has 1 heterocycles. The fraction of sp³-hybridized carbons (Fsp3) is 0.588. The molecule has 1 aliphatic heterocycles. The molecule has 2 N–H and O–H groups in total. The van der Waals surface area contributed by atoms with Crippen LogP contribution in [0.15, 0.2) is 24.3 Å². The van der Waals surface area contributed by atoms with Crippen LogP contribution in [0.25, 0.3) is 0 Å². The van der Waals surface area contributed by atoms with E-state index in [4.69, 9.17) is 4.74 Å². The molecule has 2 rings (SSSR count). The standard InChI is InChI=1S/C17H26N2O2/c1-17(2,3)21-16(19-12-20)15-6-4-5-14(11-15)13-7-9-18-10-8-13/h4-6,11-13,16,18H,7-10H2,1-3H3,(H,19,20). The van der Waals surface area contributed by atoms with Crippen molar-refractivity contribution >= 4 is 6.41 Å². The van der Waals surface area contributed by atoms with Gasteiger partial charge in [-0.3, -0.25) is 4.79 Å². The lowest BCUT2D eigenvalue weighted by molar-refractivity contribution is -0.120. The van der Waals surface area contributed by atoms with E-state index >= 15 is 0 Å². The summed E-state index contributed by atoms with van der Waals surface area (Å²) in [6.45, 7) is 8.11. The molecule has 1 unspecified atom stereocenters. The molecule has 4 nitrogen and oxygen atoms in total. The Labute approximate surface area is 127 Å². The Bertz CT molecular complexity index is 462. The highest BCUT2D eigenvalue weighted by molar-refractivity contribution is 5.47. The van der Waals surface area contributed by atoms with Crippen molar-refractivity contribution in [1.82, 2.24) is 10.6 Å². The summed E-state index contributed by atoms with van der Waals surface area (Å²) in [4.78, 5) is 10.9. The van der Waals surface area contributed by atoms with Crippen molar-refractivity contribution in [3.05, 3.63) is 35.4 Å². The molecule has 1 aromatic carbocycles. The number of piperidine rings is 1. The van der Waals surface area contributed by atoms with E-state index in [-0.39, 0.29) is 5.60 Å². The minimum Gasteiger partial charge on any atom is -0.349 e. The number of ether oxygens (including phenoxy) is 1. The second-order valence-corrected chi connectivity index (χ2v) is 6.59. The normalized spacial score (nSPS) is 18.2. The first-order valence-corrected chi connectivity index (χ1v) is 7.68. The zero-order chi connectivity index (χ0) is 15.3. The number of amides is 1. The second kappa shape index (κ2) is 7.05. The maximum Gasteiger partial charge on any atom is 0.209 e. The van der Waals surface area contributed by atoms with Crippen molar-refractivity contribution in [2.45, 2.75) is 51.4 Å². The molecule has 0 aliphatic carbocycles. The fourth-order valence-electron chi connectivity index (χ4n) is 2.74. The molecule has 116 valence electrons. The number of carbonyl (C=O) groups is 1. The summed E-state index contributed by atoms with van der Waals surface area (Å²) in [5.41, 5.74) is 2.03. The van der Waals surface area contributed by atoms with Gasteiger partial charge in [0.25, 0.3) is 0 Å². The van der Waals surface area contributed by atoms with Gasteiger partial charge in [0.05, 0.1) is 5.60 Å². The molecule has 0 aromatic heterocycles. The van der Waals surface area contributed by atoms with E-state index < -0.39 is 6.23 Å². The monoisotopic (exact) mass is 290 g/mol. The molecule has 21 heavy (non-hydrogen) atoms. The number of benzene rings is 1. The van der Waals surface area contributed by atoms with Crippen LogP contribution in [-0.2, 0) is 9.53 Å². The first kappa shape index (κ1) is 16.0. The van der Waals surface area contributed by atoms with Crippen molar-refractivity contribution in [2.24, 2.45) is 0 Å². The van der Waals surface area contributed by atoms with Crippen LogP contribution < -0.4 is 10.6 Å². The number of nitrogens with one attached hydrogen (secondary N) is 2. The molecule has 1 atom stereocenters. The topological polar surface area (TPSA) is 50.4 Å². The summed E-state index contributed by atoms with van der Waals surface area (Å²) < 4.78 is 5.95. The van der Waals surface area contributed by atoms with Crippen molar-refractivity contribution in [1.29, 1.82) is 0 Å². The summed E-state index contributed by atoms with van der Waals surface area (Å²) in [5, 5.41) is 6.16. The fourth-order valence-corrected chi connectivity index (χ4v) is 2.74. The Morgan fingerprint density at radius 3 is 2.67 bits per heavy atom. The van der Waals surface area contributed by atoms with E-state index in [9.17, 15) is 4.79 Å². The molecule has 1 aliphatic rings. The third-order valence-corrected chi connectivity index (χ3v) is 3.71. The average Bonchev–Trinajstić information content (AvgIpc) is 2.47. The minimum absolute atomic E-state index is 0.314. The summed E-state index contributed by atoms with van der Waals surface area (Å²) in [5.74, 6) is 0.595. The predicted octanol–water partition coefficient (Wildman–Crippen LogP) is 2.71. The van der Waals surface area contributed by atoms with Crippen LogP contribution in [-0.4, -0.2) is 25.1 Å². The Morgan fingerprint density at radius 1 is 1.33 bits per heavy atom. The van der Waals surface area contributed by atoms with Gasteiger partial charge in [0.1, 0.15) is 0 Å². The maximum atomic E-state index is 10.9. The SMILES string of the molecule is CC(C)(C)OC(NC=O)c1cccc(C2CCNCC2)c1. The lowest BCUT2D eigenvalue weighted by Crippen LogP contribution is -2.31. The molecule has 1 fully saturated rings. The van der Waals surface area contributed by atoms with Crippen LogP contribution in [0.2, 0.25) is 0 Å². The van der Waals surface area contributed by atoms with Crippen molar-refractivity contribution in [3.63, 3.8) is 0 Å². The molecule has 0 saturated carbocycles. The molecule has 0 radical (unpaired) electrons. The smallest absolute Gasteiger partial charge is 0.209 e. The molecule has 4 heteroatoms. The average molecular weight is 290 g/mol. The summed E-state index contributed by atoms with van der Waals surface area (Å²) in [6, 6.07) is 8.41. The maximum absolute atomic E-state index is 10.9. The molecular weight excluding hydrogens is 264 g/mol. The summed E-state index contributed by atoms with van der Waals surface area (Å²) in [6.07, 6.45) is 2.63. The molecule has 0 bridgehead atoms. The minimum atomic E-state index is -0.399. The van der Waals surface area contributed by atoms with Crippen LogP contribution in [0.3, 0.4) is 0 Å². The quantitative estimate of drug-likeness (QED) is 0.647. The van der Waals surface area contributed by atoms with Crippen LogP contribution in [0, 0.1) is 0 Å². The van der Waals surface area contributed by atoms with Gasteiger partial charge >= 0.3 is 0 Å². The van der Waals surface area contributed by atoms with E-state index in [1.165, 1.54) is 5.56 Å². The molecule has 1 aromatic rings. The van der Waals surface area contributed by atoms with Crippen molar-refractivity contribution in [3.8, 4) is 0 Å².